The average Bonchev–Trinajstić information content (AvgIpc) is 2.62. The van der Waals surface area contributed by atoms with Crippen molar-refractivity contribution >= 4 is 28.1 Å². The first-order valence-corrected chi connectivity index (χ1v) is 9.17. The molecule has 26 heavy (non-hydrogen) atoms. The lowest BCUT2D eigenvalue weighted by Gasteiger charge is -2.23. The number of aryl methyl sites for hydroxylation is 2. The van der Waals surface area contributed by atoms with Crippen LogP contribution in [0.2, 0.25) is 0 Å². The first kappa shape index (κ1) is 16.7. The lowest BCUT2D eigenvalue weighted by Crippen LogP contribution is -2.21. The second-order valence-corrected chi connectivity index (χ2v) is 7.39. The molecular formula is C24H17BrO. The van der Waals surface area contributed by atoms with Gasteiger partial charge in [-0.3, -0.25) is 0 Å². The maximum absolute atomic E-state index is 6.23. The number of rotatable bonds is 1. The summed E-state index contributed by atoms with van der Waals surface area (Å²) in [6, 6.07) is 16.5. The Morgan fingerprint density at radius 1 is 0.962 bits per heavy atom. The predicted molar refractivity (Wildman–Crippen MR) is 111 cm³/mol. The molecular weight excluding hydrogens is 384 g/mol. The number of hydrogen-bond acceptors (Lipinski definition) is 1. The second kappa shape index (κ2) is 6.20. The summed E-state index contributed by atoms with van der Waals surface area (Å²) in [5, 5.41) is 1.94. The molecule has 1 heterocycles. The minimum Gasteiger partial charge on any atom is -0.456 e. The van der Waals surface area contributed by atoms with Crippen LogP contribution in [0.15, 0.2) is 53.0 Å². The minimum absolute atomic E-state index is 0.816. The topological polar surface area (TPSA) is 9.23 Å². The molecule has 0 aliphatic carbocycles. The zero-order valence-corrected chi connectivity index (χ0v) is 16.3. The Kier molecular flexibility index (Phi) is 3.98. The van der Waals surface area contributed by atoms with Crippen molar-refractivity contribution in [1.29, 1.82) is 0 Å². The molecule has 0 aromatic heterocycles. The average molecular weight is 401 g/mol. The van der Waals surface area contributed by atoms with E-state index in [0.29, 0.717) is 0 Å². The van der Waals surface area contributed by atoms with Crippen LogP contribution in [-0.2, 0) is 0 Å². The molecule has 1 aliphatic heterocycles. The van der Waals surface area contributed by atoms with Crippen LogP contribution >= 0.6 is 15.9 Å². The molecule has 0 saturated heterocycles. The van der Waals surface area contributed by atoms with Crippen LogP contribution < -0.4 is 15.2 Å². The van der Waals surface area contributed by atoms with Gasteiger partial charge >= 0.3 is 0 Å². The lowest BCUT2D eigenvalue weighted by atomic mass is 9.88. The van der Waals surface area contributed by atoms with E-state index in [1.807, 2.05) is 19.1 Å². The van der Waals surface area contributed by atoms with E-state index in [-0.39, 0.29) is 0 Å². The van der Waals surface area contributed by atoms with Crippen molar-refractivity contribution in [2.45, 2.75) is 13.8 Å². The smallest absolute Gasteiger partial charge is 0.135 e. The van der Waals surface area contributed by atoms with Crippen LogP contribution in [-0.4, -0.2) is 0 Å². The van der Waals surface area contributed by atoms with Crippen molar-refractivity contribution in [3.8, 4) is 23.8 Å². The van der Waals surface area contributed by atoms with E-state index in [9.17, 15) is 0 Å². The maximum Gasteiger partial charge on any atom is 0.135 e. The lowest BCUT2D eigenvalue weighted by molar-refractivity contribution is 0.471. The molecule has 0 amide bonds. The van der Waals surface area contributed by atoms with Crippen molar-refractivity contribution in [1.82, 2.24) is 0 Å². The SMILES string of the molecule is C#Cc1cc2c(cc1C)Oc1cc(=C)c(Br)cc1=C2c1ccccc1C. The highest BCUT2D eigenvalue weighted by Gasteiger charge is 2.22. The Hall–Kier alpha value is -2.76. The molecule has 3 aromatic rings. The van der Waals surface area contributed by atoms with Crippen molar-refractivity contribution in [2.75, 3.05) is 0 Å². The molecule has 4 rings (SSSR count). The molecule has 0 radical (unpaired) electrons. The zero-order valence-electron chi connectivity index (χ0n) is 14.7. The summed E-state index contributed by atoms with van der Waals surface area (Å²) < 4.78 is 7.19. The van der Waals surface area contributed by atoms with Crippen molar-refractivity contribution in [3.05, 3.63) is 91.3 Å². The number of halogens is 1. The largest absolute Gasteiger partial charge is 0.456 e. The molecule has 0 unspecified atom stereocenters. The van der Waals surface area contributed by atoms with Crippen LogP contribution in [0.4, 0.5) is 0 Å². The highest BCUT2D eigenvalue weighted by molar-refractivity contribution is 9.10. The molecule has 0 bridgehead atoms. The second-order valence-electron chi connectivity index (χ2n) is 6.54. The van der Waals surface area contributed by atoms with Gasteiger partial charge in [0, 0.05) is 26.4 Å². The molecule has 2 heteroatoms. The van der Waals surface area contributed by atoms with E-state index < -0.39 is 0 Å². The number of fused-ring (bicyclic) bond motifs is 2. The van der Waals surface area contributed by atoms with Gasteiger partial charge in [0.15, 0.2) is 0 Å². The van der Waals surface area contributed by atoms with Crippen LogP contribution in [0.3, 0.4) is 0 Å². The van der Waals surface area contributed by atoms with Gasteiger partial charge in [-0.2, -0.15) is 0 Å². The van der Waals surface area contributed by atoms with Gasteiger partial charge in [0.25, 0.3) is 0 Å². The van der Waals surface area contributed by atoms with E-state index in [0.717, 1.165) is 48.7 Å². The van der Waals surface area contributed by atoms with Gasteiger partial charge in [0.1, 0.15) is 11.5 Å². The standard InChI is InChI=1S/C24H17BrO/c1-5-17-12-19-22(10-15(17)3)26-23-11-16(4)21(25)13-20(23)24(19)18-9-7-6-8-14(18)2/h1,6-13H,4H2,2-3H3. The summed E-state index contributed by atoms with van der Waals surface area (Å²) >= 11 is 3.61. The highest BCUT2D eigenvalue weighted by Crippen LogP contribution is 2.38. The van der Waals surface area contributed by atoms with Gasteiger partial charge in [-0.1, -0.05) is 52.7 Å². The highest BCUT2D eigenvalue weighted by atomic mass is 79.9. The van der Waals surface area contributed by atoms with Gasteiger partial charge in [0.05, 0.1) is 0 Å². The monoisotopic (exact) mass is 400 g/mol. The molecule has 0 fully saturated rings. The molecule has 0 spiro atoms. The summed E-state index contributed by atoms with van der Waals surface area (Å²) in [5.41, 5.74) is 6.46. The third-order valence-electron chi connectivity index (χ3n) is 4.80. The molecule has 1 aliphatic rings. The van der Waals surface area contributed by atoms with Gasteiger partial charge in [0.2, 0.25) is 0 Å². The summed E-state index contributed by atoms with van der Waals surface area (Å²) in [6.45, 7) is 8.22. The first-order valence-electron chi connectivity index (χ1n) is 8.38. The molecule has 1 nitrogen and oxygen atoms in total. The van der Waals surface area contributed by atoms with Crippen LogP contribution in [0, 0.1) is 26.2 Å². The van der Waals surface area contributed by atoms with E-state index in [4.69, 9.17) is 11.2 Å². The third kappa shape index (κ3) is 2.57. The Morgan fingerprint density at radius 2 is 1.73 bits per heavy atom. The van der Waals surface area contributed by atoms with Crippen molar-refractivity contribution < 1.29 is 4.74 Å². The van der Waals surface area contributed by atoms with E-state index in [2.05, 4.69) is 71.8 Å². The fourth-order valence-corrected chi connectivity index (χ4v) is 3.74. The summed E-state index contributed by atoms with van der Waals surface area (Å²) in [7, 11) is 0. The fraction of sp³-hybridized carbons (Fsp3) is 0.0833. The maximum atomic E-state index is 6.23. The van der Waals surface area contributed by atoms with Crippen LogP contribution in [0.5, 0.6) is 11.5 Å². The molecule has 0 atom stereocenters. The van der Waals surface area contributed by atoms with Gasteiger partial charge in [-0.05, 0) is 60.0 Å². The Bertz CT molecular complexity index is 1210. The number of ether oxygens (including phenoxy) is 1. The number of benzene rings is 3. The molecule has 3 aromatic carbocycles. The third-order valence-corrected chi connectivity index (χ3v) is 5.54. The van der Waals surface area contributed by atoms with E-state index in [1.54, 1.807) is 0 Å². The number of terminal acetylenes is 1. The molecule has 0 N–H and O–H groups in total. The Labute approximate surface area is 161 Å². The summed E-state index contributed by atoms with van der Waals surface area (Å²) in [6.07, 6.45) is 5.72. The van der Waals surface area contributed by atoms with Crippen molar-refractivity contribution in [3.63, 3.8) is 0 Å². The Morgan fingerprint density at radius 3 is 2.46 bits per heavy atom. The number of hydrogen-bond donors (Lipinski definition) is 0. The summed E-state index contributed by atoms with van der Waals surface area (Å²) in [4.78, 5) is 0. The Balaban J connectivity index is 2.20. The fourth-order valence-electron chi connectivity index (χ4n) is 3.40. The normalized spacial score (nSPS) is 12.0. The van der Waals surface area contributed by atoms with Gasteiger partial charge in [-0.25, -0.2) is 0 Å². The quantitative estimate of drug-likeness (QED) is 0.416. The van der Waals surface area contributed by atoms with Crippen LogP contribution in [0.25, 0.3) is 12.2 Å². The molecule has 126 valence electrons. The predicted octanol–water partition coefficient (Wildman–Crippen LogP) is 4.81. The van der Waals surface area contributed by atoms with E-state index in [1.165, 1.54) is 11.1 Å². The van der Waals surface area contributed by atoms with Gasteiger partial charge in [-0.15, -0.1) is 6.42 Å². The van der Waals surface area contributed by atoms with Crippen molar-refractivity contribution in [2.24, 2.45) is 0 Å². The summed E-state index contributed by atoms with van der Waals surface area (Å²) in [5.74, 6) is 4.43. The zero-order chi connectivity index (χ0) is 18.4. The van der Waals surface area contributed by atoms with Crippen LogP contribution in [0.1, 0.15) is 27.8 Å². The minimum atomic E-state index is 0.816. The molecule has 0 saturated carbocycles. The first-order chi connectivity index (χ1) is 12.5. The van der Waals surface area contributed by atoms with E-state index >= 15 is 0 Å². The van der Waals surface area contributed by atoms with Gasteiger partial charge < -0.3 is 4.74 Å².